The highest BCUT2D eigenvalue weighted by Gasteiger charge is 2.33. The fourth-order valence-electron chi connectivity index (χ4n) is 1.94. The van der Waals surface area contributed by atoms with E-state index >= 15 is 0 Å². The lowest BCUT2D eigenvalue weighted by Gasteiger charge is -2.27. The van der Waals surface area contributed by atoms with Crippen LogP contribution in [-0.2, 0) is 19.4 Å². The largest absolute Gasteiger partial charge is 0.480 e. The standard InChI is InChI=1S/C12H21NO5S2/c1-12(2,3)10(11(15)16)13-9(14)6-19-8-4-5-20(17,18)7-8/h8,10H,4-7H2,1-3H3,(H,13,14)(H,15,16)/t8?,10-/m1/s1. The summed E-state index contributed by atoms with van der Waals surface area (Å²) in [6.45, 7) is 5.22. The molecule has 8 heteroatoms. The van der Waals surface area contributed by atoms with Gasteiger partial charge < -0.3 is 10.4 Å². The third-order valence-corrected chi connectivity index (χ3v) is 6.34. The zero-order valence-corrected chi connectivity index (χ0v) is 13.5. The highest BCUT2D eigenvalue weighted by Crippen LogP contribution is 2.24. The number of carboxylic acid groups (broad SMARTS) is 1. The molecule has 1 heterocycles. The van der Waals surface area contributed by atoms with Crippen molar-refractivity contribution < 1.29 is 23.1 Å². The fourth-order valence-corrected chi connectivity index (χ4v) is 5.39. The lowest BCUT2D eigenvalue weighted by Crippen LogP contribution is -2.49. The van der Waals surface area contributed by atoms with Gasteiger partial charge in [0.05, 0.1) is 17.3 Å². The van der Waals surface area contributed by atoms with E-state index in [0.717, 1.165) is 0 Å². The number of carbonyl (C=O) groups is 2. The van der Waals surface area contributed by atoms with E-state index in [2.05, 4.69) is 5.32 Å². The third kappa shape index (κ3) is 5.32. The SMILES string of the molecule is CC(C)(C)[C@H](NC(=O)CSC1CCS(=O)(=O)C1)C(=O)O. The Morgan fingerprint density at radius 1 is 1.40 bits per heavy atom. The van der Waals surface area contributed by atoms with Gasteiger partial charge in [-0.05, 0) is 11.8 Å². The van der Waals surface area contributed by atoms with Crippen LogP contribution < -0.4 is 5.32 Å². The Morgan fingerprint density at radius 3 is 2.40 bits per heavy atom. The first kappa shape index (κ1) is 17.3. The van der Waals surface area contributed by atoms with Crippen molar-refractivity contribution >= 4 is 33.5 Å². The lowest BCUT2D eigenvalue weighted by atomic mass is 9.87. The minimum absolute atomic E-state index is 0.0661. The zero-order chi connectivity index (χ0) is 15.6. The van der Waals surface area contributed by atoms with Crippen LogP contribution >= 0.6 is 11.8 Å². The van der Waals surface area contributed by atoms with Crippen molar-refractivity contribution in [2.24, 2.45) is 5.41 Å². The number of carboxylic acids is 1. The van der Waals surface area contributed by atoms with Crippen LogP contribution in [0.3, 0.4) is 0 Å². The number of hydrogen-bond acceptors (Lipinski definition) is 5. The number of carbonyl (C=O) groups excluding carboxylic acids is 1. The van der Waals surface area contributed by atoms with Crippen molar-refractivity contribution in [2.45, 2.75) is 38.5 Å². The zero-order valence-electron chi connectivity index (χ0n) is 11.9. The summed E-state index contributed by atoms with van der Waals surface area (Å²) in [6.07, 6.45) is 0.557. The van der Waals surface area contributed by atoms with Crippen LogP contribution in [0.2, 0.25) is 0 Å². The molecule has 1 aliphatic heterocycles. The first-order chi connectivity index (χ1) is 9.01. The van der Waals surface area contributed by atoms with Crippen molar-refractivity contribution in [3.63, 3.8) is 0 Å². The number of rotatable bonds is 5. The maximum Gasteiger partial charge on any atom is 0.326 e. The molecule has 1 aliphatic rings. The molecule has 1 fully saturated rings. The molecule has 0 aliphatic carbocycles. The Balaban J connectivity index is 2.46. The molecule has 0 aromatic heterocycles. The first-order valence-corrected chi connectivity index (χ1v) is 9.22. The molecule has 2 N–H and O–H groups in total. The fraction of sp³-hybridized carbons (Fsp3) is 0.833. The molecular formula is C12H21NO5S2. The Hall–Kier alpha value is -0.760. The van der Waals surface area contributed by atoms with Gasteiger partial charge in [0.25, 0.3) is 0 Å². The van der Waals surface area contributed by atoms with Gasteiger partial charge in [-0.2, -0.15) is 0 Å². The van der Waals surface area contributed by atoms with Gasteiger partial charge in [-0.25, -0.2) is 13.2 Å². The lowest BCUT2D eigenvalue weighted by molar-refractivity contribution is -0.144. The first-order valence-electron chi connectivity index (χ1n) is 6.35. The van der Waals surface area contributed by atoms with E-state index < -0.39 is 27.3 Å². The smallest absolute Gasteiger partial charge is 0.326 e. The molecule has 0 aromatic carbocycles. The highest BCUT2D eigenvalue weighted by molar-refractivity contribution is 8.02. The summed E-state index contributed by atoms with van der Waals surface area (Å²) >= 11 is 1.27. The Labute approximate surface area is 123 Å². The van der Waals surface area contributed by atoms with E-state index in [4.69, 9.17) is 5.11 Å². The summed E-state index contributed by atoms with van der Waals surface area (Å²) in [5.41, 5.74) is -0.580. The van der Waals surface area contributed by atoms with Gasteiger partial charge in [0.1, 0.15) is 6.04 Å². The summed E-state index contributed by atoms with van der Waals surface area (Å²) in [7, 11) is -2.95. The van der Waals surface area contributed by atoms with Crippen LogP contribution in [0.25, 0.3) is 0 Å². The van der Waals surface area contributed by atoms with Crippen LogP contribution in [0.15, 0.2) is 0 Å². The maximum absolute atomic E-state index is 11.8. The van der Waals surface area contributed by atoms with Gasteiger partial charge in [0.15, 0.2) is 9.84 Å². The average molecular weight is 323 g/mol. The summed E-state index contributed by atoms with van der Waals surface area (Å²) in [4.78, 5) is 22.9. The molecule has 116 valence electrons. The predicted molar refractivity (Wildman–Crippen MR) is 78.5 cm³/mol. The van der Waals surface area contributed by atoms with Crippen LogP contribution in [0.1, 0.15) is 27.2 Å². The quantitative estimate of drug-likeness (QED) is 0.765. The number of thioether (sulfide) groups is 1. The summed E-state index contributed by atoms with van der Waals surface area (Å²) in [5.74, 6) is -1.08. The molecule has 1 rings (SSSR count). The van der Waals surface area contributed by atoms with Gasteiger partial charge in [-0.1, -0.05) is 20.8 Å². The summed E-state index contributed by atoms with van der Waals surface area (Å²) in [5, 5.41) is 11.5. The van der Waals surface area contributed by atoms with E-state index in [0.29, 0.717) is 6.42 Å². The summed E-state index contributed by atoms with van der Waals surface area (Å²) in [6, 6.07) is -0.956. The molecule has 6 nitrogen and oxygen atoms in total. The average Bonchev–Trinajstić information content (AvgIpc) is 2.61. The monoisotopic (exact) mass is 323 g/mol. The highest BCUT2D eigenvalue weighted by atomic mass is 32.2. The molecule has 1 saturated heterocycles. The number of amides is 1. The molecule has 0 aromatic rings. The molecule has 0 radical (unpaired) electrons. The van der Waals surface area contributed by atoms with Crippen molar-refractivity contribution in [1.29, 1.82) is 0 Å². The summed E-state index contributed by atoms with van der Waals surface area (Å²) < 4.78 is 22.6. The predicted octanol–water partition coefficient (Wildman–Crippen LogP) is 0.522. The van der Waals surface area contributed by atoms with E-state index in [-0.39, 0.29) is 28.4 Å². The number of hydrogen-bond donors (Lipinski definition) is 2. The van der Waals surface area contributed by atoms with Crippen molar-refractivity contribution in [3.8, 4) is 0 Å². The molecule has 1 amide bonds. The van der Waals surface area contributed by atoms with E-state index in [1.165, 1.54) is 11.8 Å². The van der Waals surface area contributed by atoms with Crippen LogP contribution in [0, 0.1) is 5.41 Å². The molecule has 0 saturated carbocycles. The topological polar surface area (TPSA) is 101 Å². The second-order valence-corrected chi connectivity index (χ2v) is 9.56. The third-order valence-electron chi connectivity index (χ3n) is 3.06. The molecule has 0 bridgehead atoms. The Kier molecular flexibility index (Phi) is 5.48. The minimum Gasteiger partial charge on any atom is -0.480 e. The van der Waals surface area contributed by atoms with Crippen LogP contribution in [0.5, 0.6) is 0 Å². The van der Waals surface area contributed by atoms with Crippen LogP contribution in [-0.4, -0.2) is 54.0 Å². The van der Waals surface area contributed by atoms with Crippen molar-refractivity contribution in [3.05, 3.63) is 0 Å². The van der Waals surface area contributed by atoms with Crippen LogP contribution in [0.4, 0.5) is 0 Å². The van der Waals surface area contributed by atoms with E-state index in [9.17, 15) is 18.0 Å². The second kappa shape index (κ2) is 6.34. The van der Waals surface area contributed by atoms with Gasteiger partial charge >= 0.3 is 5.97 Å². The second-order valence-electron chi connectivity index (χ2n) is 6.04. The molecular weight excluding hydrogens is 302 g/mol. The molecule has 0 spiro atoms. The van der Waals surface area contributed by atoms with Gasteiger partial charge in [-0.3, -0.25) is 4.79 Å². The number of sulfone groups is 1. The molecule has 1 unspecified atom stereocenters. The molecule has 2 atom stereocenters. The Morgan fingerprint density at radius 2 is 2.00 bits per heavy atom. The van der Waals surface area contributed by atoms with Crippen molar-refractivity contribution in [2.75, 3.05) is 17.3 Å². The van der Waals surface area contributed by atoms with Gasteiger partial charge in [-0.15, -0.1) is 11.8 Å². The minimum atomic E-state index is -2.95. The molecule has 20 heavy (non-hydrogen) atoms. The Bertz CT molecular complexity index is 481. The van der Waals surface area contributed by atoms with E-state index in [1.807, 2.05) is 0 Å². The van der Waals surface area contributed by atoms with Crippen molar-refractivity contribution in [1.82, 2.24) is 5.32 Å². The normalized spacial score (nSPS) is 23.2. The number of nitrogens with one attached hydrogen (secondary N) is 1. The van der Waals surface area contributed by atoms with Gasteiger partial charge in [0, 0.05) is 5.25 Å². The number of aliphatic carboxylic acids is 1. The van der Waals surface area contributed by atoms with E-state index in [1.54, 1.807) is 20.8 Å². The van der Waals surface area contributed by atoms with Gasteiger partial charge in [0.2, 0.25) is 5.91 Å². The maximum atomic E-state index is 11.8.